The summed E-state index contributed by atoms with van der Waals surface area (Å²) < 4.78 is 25.4. The SMILES string of the molecule is Cc1nc(C)c(C(OC(C)(C)C)C(=O)O)c(N2CCC3(CC2)CC3)c1-c1ccc(OCCc2ccc(F)cc2)cc1. The minimum atomic E-state index is -1.14. The summed E-state index contributed by atoms with van der Waals surface area (Å²) in [5.41, 5.74) is 5.86. The number of aliphatic carboxylic acids is 1. The number of aromatic nitrogens is 1. The first-order valence-electron chi connectivity index (χ1n) is 14.6. The molecule has 5 rings (SSSR count). The van der Waals surface area contributed by atoms with Crippen LogP contribution in [0.25, 0.3) is 11.1 Å². The predicted octanol–water partition coefficient (Wildman–Crippen LogP) is 7.45. The van der Waals surface area contributed by atoms with E-state index in [1.807, 2.05) is 58.9 Å². The van der Waals surface area contributed by atoms with Gasteiger partial charge in [-0.15, -0.1) is 0 Å². The molecule has 3 aromatic rings. The second kappa shape index (κ2) is 11.4. The van der Waals surface area contributed by atoms with Crippen molar-refractivity contribution in [3.63, 3.8) is 0 Å². The van der Waals surface area contributed by atoms with Crippen molar-refractivity contribution in [1.29, 1.82) is 0 Å². The van der Waals surface area contributed by atoms with Gasteiger partial charge in [0.05, 0.1) is 17.9 Å². The molecule has 0 bridgehead atoms. The van der Waals surface area contributed by atoms with Gasteiger partial charge in [-0.1, -0.05) is 24.3 Å². The standard InChI is InChI=1S/C34H41FN2O4/c1-22-28(25-8-12-27(13-9-25)40-21-14-24-6-10-26(35)11-7-24)30(37-19-17-34(15-16-34)18-20-37)29(23(2)36-22)31(32(38)39)41-33(3,4)5/h6-13,31H,14-21H2,1-5H3,(H,38,39). The van der Waals surface area contributed by atoms with Crippen LogP contribution in [-0.2, 0) is 16.0 Å². The molecule has 1 aliphatic carbocycles. The smallest absolute Gasteiger partial charge is 0.337 e. The number of carbonyl (C=O) groups is 1. The van der Waals surface area contributed by atoms with Crippen molar-refractivity contribution in [3.8, 4) is 16.9 Å². The maximum Gasteiger partial charge on any atom is 0.337 e. The van der Waals surface area contributed by atoms with Gasteiger partial charge in [0.15, 0.2) is 6.10 Å². The average molecular weight is 561 g/mol. The van der Waals surface area contributed by atoms with E-state index in [0.29, 0.717) is 29.7 Å². The maximum absolute atomic E-state index is 13.2. The molecule has 2 fully saturated rings. The van der Waals surface area contributed by atoms with Crippen molar-refractivity contribution in [2.45, 2.75) is 78.4 Å². The van der Waals surface area contributed by atoms with Gasteiger partial charge < -0.3 is 19.5 Å². The zero-order valence-corrected chi connectivity index (χ0v) is 24.8. The van der Waals surface area contributed by atoms with E-state index in [9.17, 15) is 14.3 Å². The van der Waals surface area contributed by atoms with Crippen LogP contribution in [0.1, 0.15) is 75.1 Å². The number of rotatable bonds is 9. The third kappa shape index (κ3) is 6.72. The van der Waals surface area contributed by atoms with Crippen molar-refractivity contribution in [3.05, 3.63) is 76.9 Å². The summed E-state index contributed by atoms with van der Waals surface area (Å²) in [5, 5.41) is 10.4. The lowest BCUT2D eigenvalue weighted by atomic mass is 9.89. The van der Waals surface area contributed by atoms with Crippen molar-refractivity contribution < 1.29 is 23.8 Å². The summed E-state index contributed by atoms with van der Waals surface area (Å²) in [6.45, 7) is 11.8. The molecule has 6 nitrogen and oxygen atoms in total. The van der Waals surface area contributed by atoms with Gasteiger partial charge >= 0.3 is 5.97 Å². The van der Waals surface area contributed by atoms with Gasteiger partial charge in [-0.3, -0.25) is 4.98 Å². The number of hydrogen-bond acceptors (Lipinski definition) is 5. The number of pyridine rings is 1. The zero-order chi connectivity index (χ0) is 29.4. The molecule has 1 saturated carbocycles. The topological polar surface area (TPSA) is 71.9 Å². The van der Waals surface area contributed by atoms with Gasteiger partial charge in [0, 0.05) is 42.0 Å². The van der Waals surface area contributed by atoms with Crippen LogP contribution in [0.15, 0.2) is 48.5 Å². The molecular formula is C34H41FN2O4. The van der Waals surface area contributed by atoms with Gasteiger partial charge in [-0.2, -0.15) is 0 Å². The second-order valence-corrected chi connectivity index (χ2v) is 12.6. The number of halogens is 1. The Morgan fingerprint density at radius 3 is 2.20 bits per heavy atom. The minimum Gasteiger partial charge on any atom is -0.493 e. The Kier molecular flexibility index (Phi) is 8.11. The molecule has 218 valence electrons. The molecule has 1 unspecified atom stereocenters. The van der Waals surface area contributed by atoms with Crippen LogP contribution in [0.2, 0.25) is 0 Å². The normalized spacial score (nSPS) is 17.0. The average Bonchev–Trinajstić information content (AvgIpc) is 3.67. The number of nitrogens with zero attached hydrogens (tertiary/aromatic N) is 2. The van der Waals surface area contributed by atoms with Crippen LogP contribution >= 0.6 is 0 Å². The highest BCUT2D eigenvalue weighted by molar-refractivity contribution is 5.88. The molecule has 0 amide bonds. The van der Waals surface area contributed by atoms with E-state index in [1.165, 1.54) is 25.0 Å². The summed E-state index contributed by atoms with van der Waals surface area (Å²) >= 11 is 0. The van der Waals surface area contributed by atoms with Gasteiger partial charge in [0.1, 0.15) is 11.6 Å². The molecule has 2 aliphatic rings. The number of piperidine rings is 1. The Bertz CT molecular complexity index is 1380. The van der Waals surface area contributed by atoms with E-state index in [0.717, 1.165) is 59.8 Å². The molecular weight excluding hydrogens is 519 g/mol. The quantitative estimate of drug-likeness (QED) is 0.293. The highest BCUT2D eigenvalue weighted by Gasteiger charge is 2.45. The van der Waals surface area contributed by atoms with Crippen molar-refractivity contribution in [2.24, 2.45) is 5.41 Å². The summed E-state index contributed by atoms with van der Waals surface area (Å²) in [4.78, 5) is 19.9. The number of aryl methyl sites for hydroxylation is 2. The number of hydrogen-bond donors (Lipinski definition) is 1. The third-order valence-electron chi connectivity index (χ3n) is 8.35. The summed E-state index contributed by atoms with van der Waals surface area (Å²) in [6, 6.07) is 14.4. The van der Waals surface area contributed by atoms with Gasteiger partial charge in [0.2, 0.25) is 0 Å². The highest BCUT2D eigenvalue weighted by Crippen LogP contribution is 2.55. The Balaban J connectivity index is 1.48. The van der Waals surface area contributed by atoms with Crippen LogP contribution in [0.5, 0.6) is 5.75 Å². The van der Waals surface area contributed by atoms with E-state index >= 15 is 0 Å². The lowest BCUT2D eigenvalue weighted by molar-refractivity contribution is -0.160. The molecule has 1 spiro atoms. The Hall–Kier alpha value is -3.45. The molecule has 0 radical (unpaired) electrons. The summed E-state index contributed by atoms with van der Waals surface area (Å²) in [7, 11) is 0. The largest absolute Gasteiger partial charge is 0.493 e. The number of anilines is 1. The summed E-state index contributed by atoms with van der Waals surface area (Å²) in [5.74, 6) is -0.519. The molecule has 2 heterocycles. The lowest BCUT2D eigenvalue weighted by Gasteiger charge is -2.38. The molecule has 7 heteroatoms. The van der Waals surface area contributed by atoms with Gasteiger partial charge in [0.25, 0.3) is 0 Å². The van der Waals surface area contributed by atoms with Crippen molar-refractivity contribution >= 4 is 11.7 Å². The van der Waals surface area contributed by atoms with Crippen LogP contribution in [0, 0.1) is 25.1 Å². The van der Waals surface area contributed by atoms with Crippen LogP contribution in [0.3, 0.4) is 0 Å². The predicted molar refractivity (Wildman–Crippen MR) is 159 cm³/mol. The van der Waals surface area contributed by atoms with Gasteiger partial charge in [-0.05, 0) is 101 Å². The van der Waals surface area contributed by atoms with E-state index < -0.39 is 17.7 Å². The molecule has 1 saturated heterocycles. The van der Waals surface area contributed by atoms with Crippen LogP contribution in [-0.4, -0.2) is 41.4 Å². The molecule has 1 aromatic heterocycles. The molecule has 41 heavy (non-hydrogen) atoms. The highest BCUT2D eigenvalue weighted by atomic mass is 19.1. The second-order valence-electron chi connectivity index (χ2n) is 12.6. The Morgan fingerprint density at radius 1 is 1.00 bits per heavy atom. The first-order valence-corrected chi connectivity index (χ1v) is 14.6. The third-order valence-corrected chi connectivity index (χ3v) is 8.35. The lowest BCUT2D eigenvalue weighted by Crippen LogP contribution is -2.37. The number of ether oxygens (including phenoxy) is 2. The maximum atomic E-state index is 13.2. The molecule has 1 aliphatic heterocycles. The Labute approximate surface area is 242 Å². The van der Waals surface area contributed by atoms with Crippen LogP contribution in [0.4, 0.5) is 10.1 Å². The fourth-order valence-electron chi connectivity index (χ4n) is 5.96. The van der Waals surface area contributed by atoms with E-state index in [4.69, 9.17) is 14.5 Å². The van der Waals surface area contributed by atoms with E-state index in [1.54, 1.807) is 12.1 Å². The molecule has 1 atom stereocenters. The number of carboxylic acids is 1. The van der Waals surface area contributed by atoms with Crippen LogP contribution < -0.4 is 9.64 Å². The fourth-order valence-corrected chi connectivity index (χ4v) is 5.96. The molecule has 2 aromatic carbocycles. The number of carboxylic acid groups (broad SMARTS) is 1. The number of benzene rings is 2. The van der Waals surface area contributed by atoms with E-state index in [2.05, 4.69) is 4.90 Å². The minimum absolute atomic E-state index is 0.245. The summed E-state index contributed by atoms with van der Waals surface area (Å²) in [6.07, 6.45) is 4.36. The Morgan fingerprint density at radius 2 is 1.63 bits per heavy atom. The van der Waals surface area contributed by atoms with Crippen molar-refractivity contribution in [2.75, 3.05) is 24.6 Å². The molecule has 1 N–H and O–H groups in total. The zero-order valence-electron chi connectivity index (χ0n) is 24.8. The van der Waals surface area contributed by atoms with E-state index in [-0.39, 0.29) is 5.82 Å². The fraction of sp³-hybridized carbons (Fsp3) is 0.471. The first-order chi connectivity index (χ1) is 19.4. The monoisotopic (exact) mass is 560 g/mol. The van der Waals surface area contributed by atoms with Crippen molar-refractivity contribution in [1.82, 2.24) is 4.98 Å². The first kappa shape index (κ1) is 29.1. The van der Waals surface area contributed by atoms with Gasteiger partial charge in [-0.25, -0.2) is 9.18 Å².